The van der Waals surface area contributed by atoms with Gasteiger partial charge in [-0.2, -0.15) is 5.10 Å². The standard InChI is InChI=1S/C25H32N6O2/c1-26-25(28-12-4-13-33-23-11-14-32-17-23)29-15-22-5-2-3-6-24(22)21-9-7-20(8-10-21)16-31-19-27-18-30-31/h2-3,5-10,18-19,23H,4,11-17H2,1H3,(H2,26,28,29). The molecule has 2 heterocycles. The third kappa shape index (κ3) is 6.87. The summed E-state index contributed by atoms with van der Waals surface area (Å²) in [4.78, 5) is 8.35. The van der Waals surface area contributed by atoms with Crippen molar-refractivity contribution in [2.75, 3.05) is 33.4 Å². The fourth-order valence-corrected chi connectivity index (χ4v) is 3.82. The summed E-state index contributed by atoms with van der Waals surface area (Å²) in [6.45, 7) is 4.47. The summed E-state index contributed by atoms with van der Waals surface area (Å²) >= 11 is 0. The van der Waals surface area contributed by atoms with Gasteiger partial charge in [0.25, 0.3) is 0 Å². The number of nitrogens with zero attached hydrogens (tertiary/aromatic N) is 4. The number of rotatable bonds is 10. The molecule has 1 saturated heterocycles. The van der Waals surface area contributed by atoms with Gasteiger partial charge in [-0.25, -0.2) is 9.67 Å². The highest BCUT2D eigenvalue weighted by Gasteiger charge is 2.15. The van der Waals surface area contributed by atoms with E-state index in [-0.39, 0.29) is 6.10 Å². The second-order valence-electron chi connectivity index (χ2n) is 8.01. The number of guanidine groups is 1. The van der Waals surface area contributed by atoms with Gasteiger partial charge in [0.1, 0.15) is 12.7 Å². The van der Waals surface area contributed by atoms with E-state index in [0.29, 0.717) is 13.1 Å². The first kappa shape index (κ1) is 22.9. The van der Waals surface area contributed by atoms with Crippen molar-refractivity contribution in [3.8, 4) is 11.1 Å². The van der Waals surface area contributed by atoms with E-state index in [1.807, 2.05) is 4.68 Å². The summed E-state index contributed by atoms with van der Waals surface area (Å²) in [6.07, 6.45) is 5.47. The van der Waals surface area contributed by atoms with E-state index < -0.39 is 0 Å². The Morgan fingerprint density at radius 3 is 2.82 bits per heavy atom. The van der Waals surface area contributed by atoms with Crippen molar-refractivity contribution in [2.24, 2.45) is 4.99 Å². The van der Waals surface area contributed by atoms with Crippen molar-refractivity contribution < 1.29 is 9.47 Å². The number of hydrogen-bond acceptors (Lipinski definition) is 5. The Hall–Kier alpha value is -3.23. The molecule has 0 radical (unpaired) electrons. The Kier molecular flexibility index (Phi) is 8.43. The van der Waals surface area contributed by atoms with Gasteiger partial charge in [-0.05, 0) is 35.1 Å². The van der Waals surface area contributed by atoms with Gasteiger partial charge in [-0.3, -0.25) is 4.99 Å². The summed E-state index contributed by atoms with van der Waals surface area (Å²) in [5.41, 5.74) is 4.80. The molecule has 1 fully saturated rings. The molecule has 0 amide bonds. The van der Waals surface area contributed by atoms with Crippen LogP contribution in [0.5, 0.6) is 0 Å². The topological polar surface area (TPSA) is 85.6 Å². The Morgan fingerprint density at radius 2 is 2.06 bits per heavy atom. The third-order valence-electron chi connectivity index (χ3n) is 5.62. The van der Waals surface area contributed by atoms with Crippen LogP contribution in [-0.4, -0.2) is 60.2 Å². The molecule has 0 spiro atoms. The SMILES string of the molecule is CN=C(NCCCOC1CCOC1)NCc1ccccc1-c1ccc(Cn2cncn2)cc1. The fourth-order valence-electron chi connectivity index (χ4n) is 3.82. The smallest absolute Gasteiger partial charge is 0.191 e. The molecule has 2 N–H and O–H groups in total. The van der Waals surface area contributed by atoms with Crippen molar-refractivity contribution in [3.63, 3.8) is 0 Å². The lowest BCUT2D eigenvalue weighted by atomic mass is 9.98. The third-order valence-corrected chi connectivity index (χ3v) is 5.62. The van der Waals surface area contributed by atoms with Crippen LogP contribution >= 0.6 is 0 Å². The average Bonchev–Trinajstić information content (AvgIpc) is 3.56. The van der Waals surface area contributed by atoms with Crippen LogP contribution in [0.15, 0.2) is 66.2 Å². The van der Waals surface area contributed by atoms with Gasteiger partial charge >= 0.3 is 0 Å². The minimum absolute atomic E-state index is 0.260. The summed E-state index contributed by atoms with van der Waals surface area (Å²) in [7, 11) is 1.79. The van der Waals surface area contributed by atoms with E-state index in [1.165, 1.54) is 22.3 Å². The monoisotopic (exact) mass is 448 g/mol. The summed E-state index contributed by atoms with van der Waals surface area (Å²) < 4.78 is 13.0. The normalized spacial score (nSPS) is 16.2. The molecule has 33 heavy (non-hydrogen) atoms. The zero-order valence-electron chi connectivity index (χ0n) is 19.1. The highest BCUT2D eigenvalue weighted by molar-refractivity contribution is 5.80. The molecule has 1 aliphatic heterocycles. The van der Waals surface area contributed by atoms with E-state index in [1.54, 1.807) is 19.7 Å². The average molecular weight is 449 g/mol. The van der Waals surface area contributed by atoms with Crippen LogP contribution in [0, 0.1) is 0 Å². The van der Waals surface area contributed by atoms with Gasteiger partial charge in [-0.15, -0.1) is 0 Å². The predicted octanol–water partition coefficient (Wildman–Crippen LogP) is 2.85. The van der Waals surface area contributed by atoms with Crippen LogP contribution < -0.4 is 10.6 Å². The van der Waals surface area contributed by atoms with E-state index in [4.69, 9.17) is 9.47 Å². The van der Waals surface area contributed by atoms with Gasteiger partial charge < -0.3 is 20.1 Å². The molecule has 1 aromatic heterocycles. The van der Waals surface area contributed by atoms with Gasteiger partial charge in [-0.1, -0.05) is 48.5 Å². The molecule has 1 aliphatic rings. The van der Waals surface area contributed by atoms with E-state index in [9.17, 15) is 0 Å². The number of benzene rings is 2. The zero-order valence-corrected chi connectivity index (χ0v) is 19.1. The number of aromatic nitrogens is 3. The molecular weight excluding hydrogens is 416 g/mol. The number of aliphatic imine (C=N–C) groups is 1. The van der Waals surface area contributed by atoms with Gasteiger partial charge in [0, 0.05) is 33.4 Å². The Morgan fingerprint density at radius 1 is 1.18 bits per heavy atom. The molecule has 8 nitrogen and oxygen atoms in total. The molecule has 0 bridgehead atoms. The van der Waals surface area contributed by atoms with Crippen molar-refractivity contribution >= 4 is 5.96 Å². The lowest BCUT2D eigenvalue weighted by Gasteiger charge is -2.15. The molecular formula is C25H32N6O2. The molecule has 0 aliphatic carbocycles. The predicted molar refractivity (Wildman–Crippen MR) is 129 cm³/mol. The van der Waals surface area contributed by atoms with Crippen molar-refractivity contribution in [1.82, 2.24) is 25.4 Å². The molecule has 0 saturated carbocycles. The first-order valence-electron chi connectivity index (χ1n) is 11.5. The maximum Gasteiger partial charge on any atom is 0.191 e. The van der Waals surface area contributed by atoms with Gasteiger partial charge in [0.2, 0.25) is 0 Å². The Balaban J connectivity index is 1.27. The first-order chi connectivity index (χ1) is 16.3. The molecule has 3 aromatic rings. The lowest BCUT2D eigenvalue weighted by molar-refractivity contribution is 0.0420. The Labute approximate surface area is 195 Å². The minimum atomic E-state index is 0.260. The van der Waals surface area contributed by atoms with Crippen molar-refractivity contribution in [3.05, 3.63) is 72.3 Å². The summed E-state index contributed by atoms with van der Waals surface area (Å²) in [5.74, 6) is 0.789. The van der Waals surface area contributed by atoms with Crippen LogP contribution in [0.25, 0.3) is 11.1 Å². The van der Waals surface area contributed by atoms with Gasteiger partial charge in [0.15, 0.2) is 5.96 Å². The quantitative estimate of drug-likeness (QED) is 0.282. The molecule has 8 heteroatoms. The van der Waals surface area contributed by atoms with Gasteiger partial charge in [0.05, 0.1) is 19.3 Å². The molecule has 4 rings (SSSR count). The molecule has 2 aromatic carbocycles. The van der Waals surface area contributed by atoms with E-state index in [0.717, 1.165) is 45.2 Å². The minimum Gasteiger partial charge on any atom is -0.379 e. The maximum atomic E-state index is 5.82. The highest BCUT2D eigenvalue weighted by atomic mass is 16.5. The van der Waals surface area contributed by atoms with Crippen molar-refractivity contribution in [2.45, 2.75) is 32.0 Å². The largest absolute Gasteiger partial charge is 0.379 e. The fraction of sp³-hybridized carbons (Fsp3) is 0.400. The highest BCUT2D eigenvalue weighted by Crippen LogP contribution is 2.24. The van der Waals surface area contributed by atoms with Crippen LogP contribution in [0.1, 0.15) is 24.0 Å². The maximum absolute atomic E-state index is 5.82. The first-order valence-corrected chi connectivity index (χ1v) is 11.5. The molecule has 174 valence electrons. The number of ether oxygens (including phenoxy) is 2. The van der Waals surface area contributed by atoms with Crippen LogP contribution in [0.3, 0.4) is 0 Å². The number of nitrogens with one attached hydrogen (secondary N) is 2. The van der Waals surface area contributed by atoms with Crippen molar-refractivity contribution in [1.29, 1.82) is 0 Å². The molecule has 1 unspecified atom stereocenters. The second kappa shape index (κ2) is 12.1. The van der Waals surface area contributed by atoms with Crippen LogP contribution in [0.4, 0.5) is 0 Å². The number of hydrogen-bond donors (Lipinski definition) is 2. The summed E-state index contributed by atoms with van der Waals surface area (Å²) in [6, 6.07) is 17.1. The van der Waals surface area contributed by atoms with E-state index >= 15 is 0 Å². The van der Waals surface area contributed by atoms with Crippen LogP contribution in [0.2, 0.25) is 0 Å². The molecule has 1 atom stereocenters. The second-order valence-corrected chi connectivity index (χ2v) is 8.01. The lowest BCUT2D eigenvalue weighted by Crippen LogP contribution is -2.37. The summed E-state index contributed by atoms with van der Waals surface area (Å²) in [5, 5.41) is 11.0. The Bertz CT molecular complexity index is 998. The van der Waals surface area contributed by atoms with Crippen LogP contribution in [-0.2, 0) is 22.6 Å². The zero-order chi connectivity index (χ0) is 22.7. The van der Waals surface area contributed by atoms with E-state index in [2.05, 4.69) is 74.2 Å².